The number of hydrogen-bond donors (Lipinski definition) is 2. The van der Waals surface area contributed by atoms with Gasteiger partial charge in [-0.05, 0) is 19.3 Å². The summed E-state index contributed by atoms with van der Waals surface area (Å²) in [6.07, 6.45) is 4.69. The van der Waals surface area contributed by atoms with Gasteiger partial charge in [-0.2, -0.15) is 17.8 Å². The van der Waals surface area contributed by atoms with E-state index in [0.29, 0.717) is 19.5 Å². The third-order valence-electron chi connectivity index (χ3n) is 3.56. The van der Waals surface area contributed by atoms with Gasteiger partial charge >= 0.3 is 0 Å². The SMILES string of the molecule is CCNS(=O)(=O)N1CCCC1CC(O)c1cnn(C)c1. The smallest absolute Gasteiger partial charge is 0.279 e. The molecule has 114 valence electrons. The maximum atomic E-state index is 12.1. The van der Waals surface area contributed by atoms with Gasteiger partial charge < -0.3 is 5.11 Å². The summed E-state index contributed by atoms with van der Waals surface area (Å²) in [5.41, 5.74) is 0.722. The van der Waals surface area contributed by atoms with Crippen LogP contribution in [0.1, 0.15) is 37.9 Å². The lowest BCUT2D eigenvalue weighted by molar-refractivity contribution is 0.141. The Hall–Kier alpha value is -0.960. The zero-order valence-corrected chi connectivity index (χ0v) is 12.7. The summed E-state index contributed by atoms with van der Waals surface area (Å²) >= 11 is 0. The van der Waals surface area contributed by atoms with E-state index in [9.17, 15) is 13.5 Å². The minimum atomic E-state index is -3.43. The lowest BCUT2D eigenvalue weighted by atomic mass is 10.0. The summed E-state index contributed by atoms with van der Waals surface area (Å²) in [4.78, 5) is 0. The van der Waals surface area contributed by atoms with Crippen molar-refractivity contribution in [2.75, 3.05) is 13.1 Å². The highest BCUT2D eigenvalue weighted by Crippen LogP contribution is 2.28. The highest BCUT2D eigenvalue weighted by Gasteiger charge is 2.35. The number of hydrogen-bond acceptors (Lipinski definition) is 4. The second-order valence-electron chi connectivity index (χ2n) is 5.11. The number of nitrogens with zero attached hydrogens (tertiary/aromatic N) is 3. The van der Waals surface area contributed by atoms with Gasteiger partial charge in [-0.15, -0.1) is 0 Å². The Morgan fingerprint density at radius 3 is 2.95 bits per heavy atom. The van der Waals surface area contributed by atoms with Crippen LogP contribution < -0.4 is 4.72 Å². The Kier molecular flexibility index (Phi) is 4.79. The van der Waals surface area contributed by atoms with Gasteiger partial charge in [0.15, 0.2) is 0 Å². The molecule has 2 N–H and O–H groups in total. The van der Waals surface area contributed by atoms with Crippen molar-refractivity contribution >= 4 is 10.2 Å². The average Bonchev–Trinajstić information content (AvgIpc) is 2.98. The first kappa shape index (κ1) is 15.4. The molecule has 1 saturated heterocycles. The minimum Gasteiger partial charge on any atom is -0.388 e. The molecule has 2 heterocycles. The molecule has 1 aliphatic heterocycles. The predicted octanol–water partition coefficient (Wildman–Crippen LogP) is 0.162. The van der Waals surface area contributed by atoms with Gasteiger partial charge in [-0.1, -0.05) is 6.92 Å². The van der Waals surface area contributed by atoms with E-state index >= 15 is 0 Å². The molecule has 1 aromatic heterocycles. The van der Waals surface area contributed by atoms with E-state index in [4.69, 9.17) is 0 Å². The lowest BCUT2D eigenvalue weighted by Gasteiger charge is -2.25. The Bertz CT molecular complexity index is 543. The molecular weight excluding hydrogens is 280 g/mol. The standard InChI is InChI=1S/C12H22N4O3S/c1-3-14-20(18,19)16-6-4-5-11(16)7-12(17)10-8-13-15(2)9-10/h8-9,11-12,14,17H,3-7H2,1-2H3. The first-order valence-electron chi connectivity index (χ1n) is 6.87. The average molecular weight is 302 g/mol. The molecule has 0 spiro atoms. The van der Waals surface area contributed by atoms with Crippen LogP contribution in [0.4, 0.5) is 0 Å². The minimum absolute atomic E-state index is 0.158. The first-order valence-corrected chi connectivity index (χ1v) is 8.31. The van der Waals surface area contributed by atoms with Crippen molar-refractivity contribution < 1.29 is 13.5 Å². The molecule has 1 aliphatic rings. The van der Waals surface area contributed by atoms with E-state index in [1.807, 2.05) is 0 Å². The Morgan fingerprint density at radius 2 is 2.35 bits per heavy atom. The molecule has 20 heavy (non-hydrogen) atoms. The van der Waals surface area contributed by atoms with Crippen molar-refractivity contribution in [1.29, 1.82) is 0 Å². The van der Waals surface area contributed by atoms with E-state index in [2.05, 4.69) is 9.82 Å². The third kappa shape index (κ3) is 3.38. The van der Waals surface area contributed by atoms with E-state index in [0.717, 1.165) is 18.4 Å². The number of aliphatic hydroxyl groups excluding tert-OH is 1. The topological polar surface area (TPSA) is 87.5 Å². The largest absolute Gasteiger partial charge is 0.388 e. The number of rotatable bonds is 6. The van der Waals surface area contributed by atoms with E-state index in [1.54, 1.807) is 31.0 Å². The highest BCUT2D eigenvalue weighted by molar-refractivity contribution is 7.87. The summed E-state index contributed by atoms with van der Waals surface area (Å²) in [5.74, 6) is 0. The zero-order chi connectivity index (χ0) is 14.8. The molecular formula is C12H22N4O3S. The molecule has 0 radical (unpaired) electrons. The summed E-state index contributed by atoms with van der Waals surface area (Å²) in [5, 5.41) is 14.2. The van der Waals surface area contributed by atoms with Crippen molar-refractivity contribution in [2.45, 2.75) is 38.3 Å². The molecule has 2 atom stereocenters. The molecule has 1 fully saturated rings. The first-order chi connectivity index (χ1) is 9.44. The summed E-state index contributed by atoms with van der Waals surface area (Å²) in [6, 6.07) is -0.158. The second kappa shape index (κ2) is 6.21. The number of nitrogens with one attached hydrogen (secondary N) is 1. The summed E-state index contributed by atoms with van der Waals surface area (Å²) in [7, 11) is -1.65. The number of aryl methyl sites for hydroxylation is 1. The van der Waals surface area contributed by atoms with Crippen LogP contribution in [0.15, 0.2) is 12.4 Å². The maximum Gasteiger partial charge on any atom is 0.279 e. The van der Waals surface area contributed by atoms with Gasteiger partial charge in [0.1, 0.15) is 0 Å². The molecule has 0 bridgehead atoms. The quantitative estimate of drug-likeness (QED) is 0.784. The third-order valence-corrected chi connectivity index (χ3v) is 5.32. The molecule has 0 aromatic carbocycles. The number of aromatic nitrogens is 2. The molecule has 1 aromatic rings. The van der Waals surface area contributed by atoms with Crippen molar-refractivity contribution in [3.05, 3.63) is 18.0 Å². The van der Waals surface area contributed by atoms with Gasteiger partial charge in [0.25, 0.3) is 10.2 Å². The molecule has 0 aliphatic carbocycles. The Balaban J connectivity index is 2.04. The van der Waals surface area contributed by atoms with Gasteiger partial charge in [-0.3, -0.25) is 4.68 Å². The van der Waals surface area contributed by atoms with Crippen LogP contribution in [-0.4, -0.2) is 46.7 Å². The van der Waals surface area contributed by atoms with Crippen LogP contribution in [0, 0.1) is 0 Å². The summed E-state index contributed by atoms with van der Waals surface area (Å²) < 4.78 is 29.8. The van der Waals surface area contributed by atoms with E-state index in [1.165, 1.54) is 4.31 Å². The van der Waals surface area contributed by atoms with Gasteiger partial charge in [-0.25, -0.2) is 4.72 Å². The fourth-order valence-electron chi connectivity index (χ4n) is 2.63. The van der Waals surface area contributed by atoms with Crippen LogP contribution in [0.2, 0.25) is 0 Å². The van der Waals surface area contributed by atoms with Crippen molar-refractivity contribution in [3.63, 3.8) is 0 Å². The lowest BCUT2D eigenvalue weighted by Crippen LogP contribution is -2.43. The van der Waals surface area contributed by atoms with Gasteiger partial charge in [0.2, 0.25) is 0 Å². The monoisotopic (exact) mass is 302 g/mol. The summed E-state index contributed by atoms with van der Waals surface area (Å²) in [6.45, 7) is 2.64. The normalized spacial score (nSPS) is 22.2. The van der Waals surface area contributed by atoms with Crippen LogP contribution in [-0.2, 0) is 17.3 Å². The van der Waals surface area contributed by atoms with Gasteiger partial charge in [0, 0.05) is 37.9 Å². The van der Waals surface area contributed by atoms with Crippen molar-refractivity contribution in [3.8, 4) is 0 Å². The van der Waals surface area contributed by atoms with Crippen molar-refractivity contribution in [1.82, 2.24) is 18.8 Å². The molecule has 0 amide bonds. The Labute approximate surface area is 119 Å². The highest BCUT2D eigenvalue weighted by atomic mass is 32.2. The molecule has 7 nitrogen and oxygen atoms in total. The fourth-order valence-corrected chi connectivity index (χ4v) is 4.12. The zero-order valence-electron chi connectivity index (χ0n) is 11.9. The van der Waals surface area contributed by atoms with Crippen LogP contribution in [0.25, 0.3) is 0 Å². The predicted molar refractivity (Wildman–Crippen MR) is 75.1 cm³/mol. The number of aliphatic hydroxyl groups is 1. The molecule has 2 unspecified atom stereocenters. The van der Waals surface area contributed by atoms with Crippen LogP contribution in [0.5, 0.6) is 0 Å². The molecule has 8 heteroatoms. The fraction of sp³-hybridized carbons (Fsp3) is 0.750. The van der Waals surface area contributed by atoms with Gasteiger partial charge in [0.05, 0.1) is 12.3 Å². The molecule has 2 rings (SSSR count). The van der Waals surface area contributed by atoms with Crippen LogP contribution in [0.3, 0.4) is 0 Å². The van der Waals surface area contributed by atoms with E-state index in [-0.39, 0.29) is 6.04 Å². The van der Waals surface area contributed by atoms with E-state index < -0.39 is 16.3 Å². The maximum absolute atomic E-state index is 12.1. The second-order valence-corrected chi connectivity index (χ2v) is 6.82. The molecule has 0 saturated carbocycles. The van der Waals surface area contributed by atoms with Crippen molar-refractivity contribution in [2.24, 2.45) is 7.05 Å². The Morgan fingerprint density at radius 1 is 1.60 bits per heavy atom. The van der Waals surface area contributed by atoms with Crippen LogP contribution >= 0.6 is 0 Å².